The molecule has 1 aromatic heterocycles. The Balaban J connectivity index is 3.39. The Kier molecular flexibility index (Phi) is 3.73. The minimum absolute atomic E-state index is 0.130. The van der Waals surface area contributed by atoms with Crippen molar-refractivity contribution in [3.05, 3.63) is 22.9 Å². The Morgan fingerprint density at radius 1 is 1.44 bits per heavy atom. The van der Waals surface area contributed by atoms with E-state index in [1.54, 1.807) is 0 Å². The predicted molar refractivity (Wildman–Crippen MR) is 49.9 cm³/mol. The van der Waals surface area contributed by atoms with E-state index in [1.165, 1.54) is 0 Å². The second kappa shape index (κ2) is 4.75. The Labute approximate surface area is 97.2 Å². The number of carbonyl (C=O) groups is 1. The van der Waals surface area contributed by atoms with Crippen LogP contribution in [0.1, 0.15) is 23.2 Å². The van der Waals surface area contributed by atoms with Crippen LogP contribution in [0.15, 0.2) is 6.07 Å². The number of carboxylic acid groups (broad SMARTS) is 1. The zero-order chi connectivity index (χ0) is 14.1. The maximum Gasteiger partial charge on any atom is 0.419 e. The van der Waals surface area contributed by atoms with E-state index in [1.807, 2.05) is 0 Å². The zero-order valence-corrected chi connectivity index (χ0v) is 8.63. The molecule has 0 amide bonds. The van der Waals surface area contributed by atoms with E-state index in [2.05, 4.69) is 4.98 Å². The van der Waals surface area contributed by atoms with Crippen molar-refractivity contribution in [2.24, 2.45) is 0 Å². The predicted octanol–water partition coefficient (Wildman–Crippen LogP) is 2.25. The van der Waals surface area contributed by atoms with E-state index in [-0.39, 0.29) is 6.07 Å². The first-order valence-electron chi connectivity index (χ1n) is 4.49. The lowest BCUT2D eigenvalue weighted by Crippen LogP contribution is -2.15. The molecule has 100 valence electrons. The molecular formula is C9H7F5N2O2. The van der Waals surface area contributed by atoms with Gasteiger partial charge in [0.1, 0.15) is 5.82 Å². The number of hydrogen-bond donors (Lipinski definition) is 2. The fraction of sp³-hybridized carbons (Fsp3) is 0.333. The number of carboxylic acids is 1. The third-order valence-electron chi connectivity index (χ3n) is 2.02. The third-order valence-corrected chi connectivity index (χ3v) is 2.02. The Hall–Kier alpha value is -1.93. The summed E-state index contributed by atoms with van der Waals surface area (Å²) in [4.78, 5) is 13.5. The summed E-state index contributed by atoms with van der Waals surface area (Å²) in [5.41, 5.74) is 1.71. The molecule has 0 saturated carbocycles. The monoisotopic (exact) mass is 270 g/mol. The van der Waals surface area contributed by atoms with Gasteiger partial charge in [-0.05, 0) is 6.07 Å². The fourth-order valence-electron chi connectivity index (χ4n) is 1.28. The van der Waals surface area contributed by atoms with Crippen molar-refractivity contribution in [1.82, 2.24) is 4.98 Å². The lowest BCUT2D eigenvalue weighted by Gasteiger charge is -2.13. The first-order chi connectivity index (χ1) is 8.12. The second-order valence-electron chi connectivity index (χ2n) is 3.33. The van der Waals surface area contributed by atoms with E-state index in [9.17, 15) is 26.7 Å². The molecule has 4 nitrogen and oxygen atoms in total. The highest BCUT2D eigenvalue weighted by molar-refractivity contribution is 5.70. The third kappa shape index (κ3) is 3.05. The molecule has 1 aromatic rings. The second-order valence-corrected chi connectivity index (χ2v) is 3.33. The molecule has 0 fully saturated rings. The van der Waals surface area contributed by atoms with Crippen LogP contribution in [0.3, 0.4) is 0 Å². The topological polar surface area (TPSA) is 76.2 Å². The van der Waals surface area contributed by atoms with Crippen LogP contribution in [0, 0.1) is 0 Å². The number of aliphatic carboxylic acids is 1. The van der Waals surface area contributed by atoms with Crippen LogP contribution in [-0.2, 0) is 17.4 Å². The molecular weight excluding hydrogens is 263 g/mol. The van der Waals surface area contributed by atoms with Crippen LogP contribution in [-0.4, -0.2) is 16.1 Å². The van der Waals surface area contributed by atoms with Crippen LogP contribution < -0.4 is 5.73 Å². The normalized spacial score (nSPS) is 11.9. The van der Waals surface area contributed by atoms with Gasteiger partial charge in [0.2, 0.25) is 0 Å². The van der Waals surface area contributed by atoms with Crippen molar-refractivity contribution in [2.45, 2.75) is 19.0 Å². The largest absolute Gasteiger partial charge is 0.481 e. The maximum absolute atomic E-state index is 12.5. The molecule has 9 heteroatoms. The molecule has 0 atom stereocenters. The number of pyridine rings is 1. The number of rotatable bonds is 3. The molecule has 0 radical (unpaired) electrons. The van der Waals surface area contributed by atoms with Gasteiger partial charge in [0, 0.05) is 5.56 Å². The molecule has 0 unspecified atom stereocenters. The van der Waals surface area contributed by atoms with E-state index in [0.717, 1.165) is 0 Å². The number of hydrogen-bond acceptors (Lipinski definition) is 3. The van der Waals surface area contributed by atoms with Gasteiger partial charge in [-0.2, -0.15) is 13.2 Å². The minimum atomic E-state index is -4.93. The summed E-state index contributed by atoms with van der Waals surface area (Å²) in [6, 6.07) is 0.130. The Morgan fingerprint density at radius 3 is 2.39 bits per heavy atom. The molecule has 1 heterocycles. The number of aromatic nitrogens is 1. The SMILES string of the molecule is Nc1nc(CC(=O)O)c(C(F)F)cc1C(F)(F)F. The van der Waals surface area contributed by atoms with Crippen molar-refractivity contribution < 1.29 is 31.9 Å². The Bertz CT molecular complexity index is 473. The Morgan fingerprint density at radius 2 is 2.00 bits per heavy atom. The van der Waals surface area contributed by atoms with E-state index >= 15 is 0 Å². The standard InChI is InChI=1S/C9H7F5N2O2/c10-7(11)3-1-4(9(12,13)14)8(15)16-5(3)2-6(17)18/h1,7H,2H2,(H2,15,16)(H,17,18). The minimum Gasteiger partial charge on any atom is -0.481 e. The van der Waals surface area contributed by atoms with Gasteiger partial charge in [0.25, 0.3) is 6.43 Å². The van der Waals surface area contributed by atoms with Gasteiger partial charge in [0.05, 0.1) is 17.7 Å². The highest BCUT2D eigenvalue weighted by atomic mass is 19.4. The highest BCUT2D eigenvalue weighted by Crippen LogP contribution is 2.36. The maximum atomic E-state index is 12.5. The van der Waals surface area contributed by atoms with Gasteiger partial charge in [0.15, 0.2) is 0 Å². The lowest BCUT2D eigenvalue weighted by atomic mass is 10.1. The summed E-state index contributed by atoms with van der Waals surface area (Å²) in [6.07, 6.45) is -9.13. The summed E-state index contributed by atoms with van der Waals surface area (Å²) in [6.45, 7) is 0. The fourth-order valence-corrected chi connectivity index (χ4v) is 1.28. The summed E-state index contributed by atoms with van der Waals surface area (Å²) in [5, 5.41) is 8.45. The number of nitrogens with zero attached hydrogens (tertiary/aromatic N) is 1. The van der Waals surface area contributed by atoms with E-state index in [4.69, 9.17) is 10.8 Å². The van der Waals surface area contributed by atoms with Gasteiger partial charge in [-0.1, -0.05) is 0 Å². The van der Waals surface area contributed by atoms with Crippen LogP contribution in [0.2, 0.25) is 0 Å². The van der Waals surface area contributed by atoms with Gasteiger partial charge in [-0.3, -0.25) is 4.79 Å². The van der Waals surface area contributed by atoms with E-state index in [0.29, 0.717) is 0 Å². The number of nitrogen functional groups attached to an aromatic ring is 1. The molecule has 0 aromatic carbocycles. The van der Waals surface area contributed by atoms with Crippen LogP contribution in [0.5, 0.6) is 0 Å². The summed E-state index contributed by atoms with van der Waals surface area (Å²) >= 11 is 0. The first-order valence-corrected chi connectivity index (χ1v) is 4.49. The van der Waals surface area contributed by atoms with Gasteiger partial charge in [-0.25, -0.2) is 13.8 Å². The van der Waals surface area contributed by atoms with Crippen molar-refractivity contribution in [3.63, 3.8) is 0 Å². The molecule has 18 heavy (non-hydrogen) atoms. The molecule has 1 rings (SSSR count). The van der Waals surface area contributed by atoms with E-state index < -0.39 is 47.6 Å². The molecule has 0 saturated heterocycles. The zero-order valence-electron chi connectivity index (χ0n) is 8.63. The van der Waals surface area contributed by atoms with Crippen molar-refractivity contribution >= 4 is 11.8 Å². The van der Waals surface area contributed by atoms with Gasteiger partial charge < -0.3 is 10.8 Å². The van der Waals surface area contributed by atoms with Crippen molar-refractivity contribution in [3.8, 4) is 0 Å². The van der Waals surface area contributed by atoms with Crippen molar-refractivity contribution in [2.75, 3.05) is 5.73 Å². The number of nitrogens with two attached hydrogens (primary N) is 1. The lowest BCUT2D eigenvalue weighted by molar-refractivity contribution is -0.137. The molecule has 0 spiro atoms. The van der Waals surface area contributed by atoms with Crippen LogP contribution in [0.4, 0.5) is 27.8 Å². The molecule has 0 aliphatic carbocycles. The van der Waals surface area contributed by atoms with Gasteiger partial charge in [-0.15, -0.1) is 0 Å². The van der Waals surface area contributed by atoms with Crippen LogP contribution in [0.25, 0.3) is 0 Å². The molecule has 0 aliphatic heterocycles. The summed E-state index contributed by atoms with van der Waals surface area (Å²) < 4.78 is 62.3. The molecule has 0 aliphatic rings. The quantitative estimate of drug-likeness (QED) is 0.826. The number of alkyl halides is 5. The smallest absolute Gasteiger partial charge is 0.419 e. The van der Waals surface area contributed by atoms with Gasteiger partial charge >= 0.3 is 12.1 Å². The highest BCUT2D eigenvalue weighted by Gasteiger charge is 2.35. The first kappa shape index (κ1) is 14.1. The summed E-state index contributed by atoms with van der Waals surface area (Å²) in [7, 11) is 0. The van der Waals surface area contributed by atoms with Crippen LogP contribution >= 0.6 is 0 Å². The number of anilines is 1. The average Bonchev–Trinajstić information content (AvgIpc) is 2.13. The molecule has 3 N–H and O–H groups in total. The molecule has 0 bridgehead atoms. The number of halogens is 5. The summed E-state index contributed by atoms with van der Waals surface area (Å²) in [5.74, 6) is -2.52. The van der Waals surface area contributed by atoms with Crippen molar-refractivity contribution in [1.29, 1.82) is 0 Å². The average molecular weight is 270 g/mol.